The summed E-state index contributed by atoms with van der Waals surface area (Å²) in [6, 6.07) is 0.856. The van der Waals surface area contributed by atoms with Crippen LogP contribution in [0.25, 0.3) is 0 Å². The van der Waals surface area contributed by atoms with Crippen molar-refractivity contribution < 1.29 is 0 Å². The van der Waals surface area contributed by atoms with E-state index in [0.29, 0.717) is 11.0 Å². The average molecular weight is 264 g/mol. The highest BCUT2D eigenvalue weighted by Gasteiger charge is 2.54. The molecule has 0 aromatic carbocycles. The lowest BCUT2D eigenvalue weighted by atomic mass is 9.61. The predicted molar refractivity (Wildman–Crippen MR) is 81.1 cm³/mol. The first kappa shape index (κ1) is 13.9. The standard InChI is InChI=1S/C17H32N2/c1-16(2)10-5-6-11-17(16,13-18)19-12-9-14-7-3-4-8-15(14)19/h14-15H,3-13,18H2,1-2H3. The van der Waals surface area contributed by atoms with E-state index in [1.807, 2.05) is 0 Å². The molecule has 19 heavy (non-hydrogen) atoms. The van der Waals surface area contributed by atoms with Gasteiger partial charge in [-0.05, 0) is 50.0 Å². The minimum absolute atomic E-state index is 0.294. The van der Waals surface area contributed by atoms with Crippen molar-refractivity contribution in [3.63, 3.8) is 0 Å². The molecule has 3 fully saturated rings. The van der Waals surface area contributed by atoms with Gasteiger partial charge in [-0.15, -0.1) is 0 Å². The summed E-state index contributed by atoms with van der Waals surface area (Å²) in [5, 5.41) is 0. The summed E-state index contributed by atoms with van der Waals surface area (Å²) >= 11 is 0. The van der Waals surface area contributed by atoms with Crippen molar-refractivity contribution in [3.05, 3.63) is 0 Å². The van der Waals surface area contributed by atoms with E-state index in [1.165, 1.54) is 64.3 Å². The fourth-order valence-electron chi connectivity index (χ4n) is 5.52. The zero-order valence-corrected chi connectivity index (χ0v) is 13.0. The molecule has 0 aromatic heterocycles. The Balaban J connectivity index is 1.88. The van der Waals surface area contributed by atoms with Crippen LogP contribution in [0.15, 0.2) is 0 Å². The third-order valence-corrected chi connectivity index (χ3v) is 6.80. The van der Waals surface area contributed by atoms with Crippen LogP contribution in [0, 0.1) is 11.3 Å². The lowest BCUT2D eigenvalue weighted by molar-refractivity contribution is -0.0606. The molecule has 0 amide bonds. The molecule has 110 valence electrons. The second kappa shape index (κ2) is 5.04. The summed E-state index contributed by atoms with van der Waals surface area (Å²) in [6.45, 7) is 7.14. The number of fused-ring (bicyclic) bond motifs is 1. The second-order valence-electron chi connectivity index (χ2n) is 7.92. The van der Waals surface area contributed by atoms with Gasteiger partial charge in [0.1, 0.15) is 0 Å². The van der Waals surface area contributed by atoms with Gasteiger partial charge in [-0.3, -0.25) is 4.90 Å². The summed E-state index contributed by atoms with van der Waals surface area (Å²) in [5.74, 6) is 0.981. The SMILES string of the molecule is CC1(C)CCCCC1(CN)N1CCC2CCCCC21. The molecule has 2 saturated carbocycles. The average Bonchev–Trinajstić information content (AvgIpc) is 2.83. The molecule has 2 aliphatic carbocycles. The summed E-state index contributed by atoms with van der Waals surface area (Å²) in [6.07, 6.45) is 12.7. The molecule has 0 spiro atoms. The zero-order valence-electron chi connectivity index (χ0n) is 13.0. The lowest BCUT2D eigenvalue weighted by Gasteiger charge is -2.57. The summed E-state index contributed by atoms with van der Waals surface area (Å²) in [4.78, 5) is 2.90. The molecule has 2 nitrogen and oxygen atoms in total. The van der Waals surface area contributed by atoms with Crippen LogP contribution in [0.4, 0.5) is 0 Å². The monoisotopic (exact) mass is 264 g/mol. The van der Waals surface area contributed by atoms with Crippen LogP contribution in [-0.4, -0.2) is 29.6 Å². The molecule has 0 radical (unpaired) electrons. The van der Waals surface area contributed by atoms with Crippen LogP contribution in [0.1, 0.15) is 71.6 Å². The second-order valence-corrected chi connectivity index (χ2v) is 7.92. The topological polar surface area (TPSA) is 29.3 Å². The van der Waals surface area contributed by atoms with Crippen LogP contribution in [0.3, 0.4) is 0 Å². The first-order chi connectivity index (χ1) is 9.11. The minimum Gasteiger partial charge on any atom is -0.329 e. The Labute approximate surface area is 119 Å². The Morgan fingerprint density at radius 3 is 2.47 bits per heavy atom. The van der Waals surface area contributed by atoms with E-state index in [9.17, 15) is 0 Å². The van der Waals surface area contributed by atoms with Crippen molar-refractivity contribution in [3.8, 4) is 0 Å². The van der Waals surface area contributed by atoms with Crippen molar-refractivity contribution in [2.75, 3.05) is 13.1 Å². The Kier molecular flexibility index (Phi) is 3.68. The first-order valence-electron chi connectivity index (χ1n) is 8.58. The van der Waals surface area contributed by atoms with Gasteiger partial charge in [0, 0.05) is 18.1 Å². The Morgan fingerprint density at radius 1 is 1.00 bits per heavy atom. The molecule has 3 aliphatic rings. The van der Waals surface area contributed by atoms with Crippen LogP contribution >= 0.6 is 0 Å². The predicted octanol–water partition coefficient (Wildman–Crippen LogP) is 3.55. The molecular formula is C17H32N2. The van der Waals surface area contributed by atoms with Crippen molar-refractivity contribution in [1.29, 1.82) is 0 Å². The molecule has 2 heteroatoms. The van der Waals surface area contributed by atoms with Crippen molar-refractivity contribution in [1.82, 2.24) is 4.90 Å². The van der Waals surface area contributed by atoms with Crippen molar-refractivity contribution in [2.24, 2.45) is 17.1 Å². The molecule has 2 N–H and O–H groups in total. The third-order valence-electron chi connectivity index (χ3n) is 6.80. The van der Waals surface area contributed by atoms with Gasteiger partial charge in [0.25, 0.3) is 0 Å². The maximum Gasteiger partial charge on any atom is 0.0385 e. The van der Waals surface area contributed by atoms with Crippen molar-refractivity contribution >= 4 is 0 Å². The van der Waals surface area contributed by atoms with Gasteiger partial charge in [0.2, 0.25) is 0 Å². The van der Waals surface area contributed by atoms with Gasteiger partial charge in [-0.25, -0.2) is 0 Å². The highest BCUT2D eigenvalue weighted by atomic mass is 15.3. The van der Waals surface area contributed by atoms with Crippen LogP contribution in [-0.2, 0) is 0 Å². The number of likely N-dealkylation sites (tertiary alicyclic amines) is 1. The van der Waals surface area contributed by atoms with E-state index >= 15 is 0 Å². The van der Waals surface area contributed by atoms with E-state index in [4.69, 9.17) is 5.73 Å². The summed E-state index contributed by atoms with van der Waals surface area (Å²) < 4.78 is 0. The smallest absolute Gasteiger partial charge is 0.0385 e. The molecule has 0 bridgehead atoms. The Hall–Kier alpha value is -0.0800. The molecule has 3 unspecified atom stereocenters. The van der Waals surface area contributed by atoms with Gasteiger partial charge in [-0.2, -0.15) is 0 Å². The number of hydrogen-bond donors (Lipinski definition) is 1. The van der Waals surface area contributed by atoms with E-state index in [-0.39, 0.29) is 0 Å². The molecule has 3 atom stereocenters. The van der Waals surface area contributed by atoms with Gasteiger partial charge in [-0.1, -0.05) is 39.5 Å². The quantitative estimate of drug-likeness (QED) is 0.826. The van der Waals surface area contributed by atoms with E-state index in [0.717, 1.165) is 18.5 Å². The fourth-order valence-corrected chi connectivity index (χ4v) is 5.52. The first-order valence-corrected chi connectivity index (χ1v) is 8.58. The van der Waals surface area contributed by atoms with Crippen LogP contribution in [0.5, 0.6) is 0 Å². The highest BCUT2D eigenvalue weighted by molar-refractivity contribution is 5.09. The molecule has 1 aliphatic heterocycles. The number of hydrogen-bond acceptors (Lipinski definition) is 2. The van der Waals surface area contributed by atoms with E-state index in [2.05, 4.69) is 18.7 Å². The van der Waals surface area contributed by atoms with Gasteiger partial charge in [0.15, 0.2) is 0 Å². The van der Waals surface area contributed by atoms with Crippen molar-refractivity contribution in [2.45, 2.75) is 83.2 Å². The summed E-state index contributed by atoms with van der Waals surface area (Å²) in [7, 11) is 0. The minimum atomic E-state index is 0.294. The lowest BCUT2D eigenvalue weighted by Crippen LogP contribution is -2.65. The normalized spacial score (nSPS) is 43.1. The van der Waals surface area contributed by atoms with E-state index < -0.39 is 0 Å². The molecule has 1 saturated heterocycles. The molecule has 0 aromatic rings. The maximum atomic E-state index is 6.37. The number of rotatable bonds is 2. The number of nitrogens with zero attached hydrogens (tertiary/aromatic N) is 1. The summed E-state index contributed by atoms with van der Waals surface area (Å²) in [5.41, 5.74) is 7.06. The Bertz CT molecular complexity index is 325. The molecular weight excluding hydrogens is 232 g/mol. The van der Waals surface area contributed by atoms with Crippen LogP contribution < -0.4 is 5.73 Å². The number of nitrogens with two attached hydrogens (primary N) is 1. The fraction of sp³-hybridized carbons (Fsp3) is 1.00. The van der Waals surface area contributed by atoms with E-state index in [1.54, 1.807) is 0 Å². The third kappa shape index (κ3) is 2.06. The molecule has 3 rings (SSSR count). The maximum absolute atomic E-state index is 6.37. The van der Waals surface area contributed by atoms with Crippen LogP contribution in [0.2, 0.25) is 0 Å². The highest BCUT2D eigenvalue weighted by Crippen LogP contribution is 2.51. The largest absolute Gasteiger partial charge is 0.329 e. The van der Waals surface area contributed by atoms with Gasteiger partial charge >= 0.3 is 0 Å². The zero-order chi connectivity index (χ0) is 13.5. The van der Waals surface area contributed by atoms with Gasteiger partial charge < -0.3 is 5.73 Å². The molecule has 1 heterocycles. The van der Waals surface area contributed by atoms with Gasteiger partial charge in [0.05, 0.1) is 0 Å². The Morgan fingerprint density at radius 2 is 1.74 bits per heavy atom.